The van der Waals surface area contributed by atoms with Crippen molar-refractivity contribution in [2.75, 3.05) is 7.11 Å². The van der Waals surface area contributed by atoms with Gasteiger partial charge in [0, 0.05) is 5.39 Å². The summed E-state index contributed by atoms with van der Waals surface area (Å²) in [6.07, 6.45) is 1.36. The Morgan fingerprint density at radius 3 is 2.42 bits per heavy atom. The number of ether oxygens (including phenoxy) is 3. The van der Waals surface area contributed by atoms with Gasteiger partial charge < -0.3 is 14.2 Å². The number of para-hydroxylation sites is 1. The Bertz CT molecular complexity index is 1450. The van der Waals surface area contributed by atoms with E-state index in [9.17, 15) is 4.79 Å². The molecule has 5 rings (SSSR count). The molecule has 8 heteroatoms. The highest BCUT2D eigenvalue weighted by Crippen LogP contribution is 2.43. The first-order valence-electron chi connectivity index (χ1n) is 10.1. The lowest BCUT2D eigenvalue weighted by molar-refractivity contribution is 0.0585. The Balaban J connectivity index is 1.77. The SMILES string of the molecule is COC(=O)c1c(OCc2ccccc2)c2ccc(Cl)c(Oc3ccccc3)c2c2ncnn12. The van der Waals surface area contributed by atoms with Gasteiger partial charge in [-0.25, -0.2) is 14.3 Å². The molecule has 0 aliphatic carbocycles. The van der Waals surface area contributed by atoms with Crippen LogP contribution in [-0.4, -0.2) is 27.7 Å². The molecule has 164 valence electrons. The second-order valence-electron chi connectivity index (χ2n) is 7.15. The third kappa shape index (κ3) is 3.83. The van der Waals surface area contributed by atoms with Crippen LogP contribution in [0.1, 0.15) is 16.1 Å². The van der Waals surface area contributed by atoms with Crippen molar-refractivity contribution in [1.82, 2.24) is 14.6 Å². The van der Waals surface area contributed by atoms with E-state index in [1.165, 1.54) is 18.0 Å². The molecule has 0 atom stereocenters. The minimum absolute atomic E-state index is 0.126. The standard InChI is InChI=1S/C25H18ClN3O4/c1-31-25(30)21-22(32-14-16-8-4-2-5-9-16)18-12-13-19(26)23(33-17-10-6-3-7-11-17)20(18)24-27-15-28-29(21)24/h2-13,15H,14H2,1H3. The van der Waals surface area contributed by atoms with E-state index in [1.54, 1.807) is 12.1 Å². The molecule has 2 heterocycles. The number of halogens is 1. The zero-order valence-electron chi connectivity index (χ0n) is 17.6. The predicted molar refractivity (Wildman–Crippen MR) is 124 cm³/mol. The fourth-order valence-electron chi connectivity index (χ4n) is 3.63. The number of carbonyl (C=O) groups is 1. The lowest BCUT2D eigenvalue weighted by Gasteiger charge is -2.17. The van der Waals surface area contributed by atoms with Gasteiger partial charge in [0.05, 0.1) is 17.5 Å². The predicted octanol–water partition coefficient (Wildman–Crippen LogP) is 5.69. The molecule has 0 spiro atoms. The normalized spacial score (nSPS) is 11.0. The van der Waals surface area contributed by atoms with E-state index in [2.05, 4.69) is 10.1 Å². The second-order valence-corrected chi connectivity index (χ2v) is 7.56. The molecule has 0 N–H and O–H groups in total. The molecule has 3 aromatic carbocycles. The number of benzene rings is 3. The number of esters is 1. The van der Waals surface area contributed by atoms with Crippen LogP contribution in [0.3, 0.4) is 0 Å². The molecule has 0 unspecified atom stereocenters. The quantitative estimate of drug-likeness (QED) is 0.303. The summed E-state index contributed by atoms with van der Waals surface area (Å²) in [4.78, 5) is 17.2. The lowest BCUT2D eigenvalue weighted by atomic mass is 10.1. The highest BCUT2D eigenvalue weighted by atomic mass is 35.5. The first kappa shape index (κ1) is 20.8. The van der Waals surface area contributed by atoms with Crippen molar-refractivity contribution in [3.8, 4) is 17.2 Å². The fraction of sp³-hybridized carbons (Fsp3) is 0.0800. The third-order valence-electron chi connectivity index (χ3n) is 5.12. The summed E-state index contributed by atoms with van der Waals surface area (Å²) < 4.78 is 18.8. The third-order valence-corrected chi connectivity index (χ3v) is 5.42. The molecular formula is C25H18ClN3O4. The van der Waals surface area contributed by atoms with E-state index in [0.717, 1.165) is 5.56 Å². The van der Waals surface area contributed by atoms with Gasteiger partial charge in [-0.05, 0) is 29.8 Å². The summed E-state index contributed by atoms with van der Waals surface area (Å²) >= 11 is 6.56. The summed E-state index contributed by atoms with van der Waals surface area (Å²) in [6.45, 7) is 0.234. The number of aromatic nitrogens is 3. The molecule has 0 fully saturated rings. The molecule has 0 aliphatic heterocycles. The number of nitrogens with zero attached hydrogens (tertiary/aromatic N) is 3. The van der Waals surface area contributed by atoms with Crippen LogP contribution in [0.25, 0.3) is 16.4 Å². The topological polar surface area (TPSA) is 75.0 Å². The Kier molecular flexibility index (Phi) is 5.54. The summed E-state index contributed by atoms with van der Waals surface area (Å²) in [5.41, 5.74) is 1.46. The zero-order chi connectivity index (χ0) is 22.8. The zero-order valence-corrected chi connectivity index (χ0v) is 18.3. The van der Waals surface area contributed by atoms with Crippen LogP contribution in [-0.2, 0) is 11.3 Å². The molecule has 5 aromatic rings. The summed E-state index contributed by atoms with van der Waals surface area (Å²) in [6, 6.07) is 22.4. The van der Waals surface area contributed by atoms with Crippen LogP contribution in [0.2, 0.25) is 5.02 Å². The van der Waals surface area contributed by atoms with Gasteiger partial charge in [0.1, 0.15) is 18.7 Å². The molecule has 0 bridgehead atoms. The van der Waals surface area contributed by atoms with Crippen LogP contribution in [0, 0.1) is 0 Å². The number of hydrogen-bond acceptors (Lipinski definition) is 6. The molecule has 0 saturated carbocycles. The maximum atomic E-state index is 12.8. The van der Waals surface area contributed by atoms with Gasteiger partial charge in [0.25, 0.3) is 0 Å². The largest absolute Gasteiger partial charge is 0.486 e. The van der Waals surface area contributed by atoms with E-state index >= 15 is 0 Å². The lowest BCUT2D eigenvalue weighted by Crippen LogP contribution is -2.13. The van der Waals surface area contributed by atoms with Gasteiger partial charge in [-0.2, -0.15) is 5.10 Å². The Morgan fingerprint density at radius 2 is 1.70 bits per heavy atom. The maximum Gasteiger partial charge on any atom is 0.360 e. The van der Waals surface area contributed by atoms with E-state index in [0.29, 0.717) is 38.7 Å². The molecule has 0 radical (unpaired) electrons. The average Bonchev–Trinajstić information content (AvgIpc) is 3.34. The van der Waals surface area contributed by atoms with Gasteiger partial charge in [-0.3, -0.25) is 0 Å². The summed E-state index contributed by atoms with van der Waals surface area (Å²) in [5, 5.41) is 5.81. The molecule has 33 heavy (non-hydrogen) atoms. The first-order valence-corrected chi connectivity index (χ1v) is 10.5. The Hall–Kier alpha value is -4.10. The van der Waals surface area contributed by atoms with E-state index in [1.807, 2.05) is 60.7 Å². The molecular weight excluding hydrogens is 442 g/mol. The molecule has 0 amide bonds. The van der Waals surface area contributed by atoms with Gasteiger partial charge in [-0.15, -0.1) is 0 Å². The van der Waals surface area contributed by atoms with E-state index in [-0.39, 0.29) is 12.3 Å². The highest BCUT2D eigenvalue weighted by molar-refractivity contribution is 6.34. The number of fused-ring (bicyclic) bond motifs is 3. The Labute approximate surface area is 194 Å². The van der Waals surface area contributed by atoms with Crippen LogP contribution in [0.5, 0.6) is 17.2 Å². The Morgan fingerprint density at radius 1 is 0.970 bits per heavy atom. The molecule has 0 saturated heterocycles. The van der Waals surface area contributed by atoms with Crippen molar-refractivity contribution >= 4 is 34.0 Å². The number of methoxy groups -OCH3 is 1. The van der Waals surface area contributed by atoms with E-state index in [4.69, 9.17) is 25.8 Å². The van der Waals surface area contributed by atoms with E-state index < -0.39 is 5.97 Å². The summed E-state index contributed by atoms with van der Waals surface area (Å²) in [7, 11) is 1.31. The molecule has 0 aliphatic rings. The molecule has 7 nitrogen and oxygen atoms in total. The number of carbonyl (C=O) groups excluding carboxylic acids is 1. The van der Waals surface area contributed by atoms with Gasteiger partial charge in [0.2, 0.25) is 0 Å². The first-order chi connectivity index (χ1) is 16.2. The molecule has 2 aromatic heterocycles. The minimum Gasteiger partial charge on any atom is -0.486 e. The van der Waals surface area contributed by atoms with Gasteiger partial charge >= 0.3 is 5.97 Å². The summed E-state index contributed by atoms with van der Waals surface area (Å²) in [5.74, 6) is 0.692. The second kappa shape index (κ2) is 8.80. The van der Waals surface area contributed by atoms with Gasteiger partial charge in [0.15, 0.2) is 22.8 Å². The average molecular weight is 460 g/mol. The van der Waals surface area contributed by atoms with Crippen molar-refractivity contribution in [2.45, 2.75) is 6.61 Å². The number of pyridine rings is 1. The van der Waals surface area contributed by atoms with Crippen molar-refractivity contribution in [3.05, 3.63) is 95.4 Å². The smallest absolute Gasteiger partial charge is 0.360 e. The monoisotopic (exact) mass is 459 g/mol. The maximum absolute atomic E-state index is 12.8. The van der Waals surface area contributed by atoms with Crippen molar-refractivity contribution < 1.29 is 19.0 Å². The van der Waals surface area contributed by atoms with Crippen LogP contribution >= 0.6 is 11.6 Å². The van der Waals surface area contributed by atoms with Crippen molar-refractivity contribution in [2.24, 2.45) is 0 Å². The fourth-order valence-corrected chi connectivity index (χ4v) is 3.82. The van der Waals surface area contributed by atoms with Crippen LogP contribution in [0.4, 0.5) is 0 Å². The van der Waals surface area contributed by atoms with Gasteiger partial charge in [-0.1, -0.05) is 60.1 Å². The van der Waals surface area contributed by atoms with Crippen molar-refractivity contribution in [1.29, 1.82) is 0 Å². The van der Waals surface area contributed by atoms with Crippen LogP contribution in [0.15, 0.2) is 79.1 Å². The highest BCUT2D eigenvalue weighted by Gasteiger charge is 2.27. The number of rotatable bonds is 6. The van der Waals surface area contributed by atoms with Crippen molar-refractivity contribution in [3.63, 3.8) is 0 Å². The minimum atomic E-state index is -0.601. The van der Waals surface area contributed by atoms with Crippen LogP contribution < -0.4 is 9.47 Å². The number of hydrogen-bond donors (Lipinski definition) is 0.